The van der Waals surface area contributed by atoms with E-state index in [1.807, 2.05) is 12.1 Å². The van der Waals surface area contributed by atoms with Gasteiger partial charge in [-0.25, -0.2) is 0 Å². The first-order valence-electron chi connectivity index (χ1n) is 12.5. The van der Waals surface area contributed by atoms with E-state index >= 15 is 0 Å². The van der Waals surface area contributed by atoms with Crippen molar-refractivity contribution in [1.29, 1.82) is 0 Å². The molecule has 1 N–H and O–H groups in total. The number of anilines is 1. The van der Waals surface area contributed by atoms with Gasteiger partial charge in [-0.2, -0.15) is 13.2 Å². The summed E-state index contributed by atoms with van der Waals surface area (Å²) < 4.78 is 56.7. The average Bonchev–Trinajstić information content (AvgIpc) is 3.21. The van der Waals surface area contributed by atoms with Crippen LogP contribution in [0.5, 0.6) is 17.2 Å². The Balaban J connectivity index is 1.50. The number of nitrogens with one attached hydrogen (secondary N) is 1. The molecule has 0 bridgehead atoms. The standard InChI is InChI=1S/C29H23BrClF3N2O6S/c1-3-41-23-10-17(20(30)13-24(23)42-15-16-4-7-19(31)8-5-16)11-25-27(38)36(28(39)43-25)14-26(37)35-21-12-18(29(32,33)34)6-9-22(21)40-2/h4-13H,3,14-15H2,1-2H3,(H,35,37)/b25-11-. The summed E-state index contributed by atoms with van der Waals surface area (Å²) in [6.07, 6.45) is -3.19. The number of amides is 3. The third-order valence-electron chi connectivity index (χ3n) is 5.93. The third kappa shape index (κ3) is 8.03. The van der Waals surface area contributed by atoms with Gasteiger partial charge < -0.3 is 19.5 Å². The third-order valence-corrected chi connectivity index (χ3v) is 7.78. The number of hydrogen-bond donors (Lipinski definition) is 1. The van der Waals surface area contributed by atoms with E-state index in [9.17, 15) is 27.6 Å². The molecular formula is C29H23BrClF3N2O6S. The minimum Gasteiger partial charge on any atom is -0.495 e. The van der Waals surface area contributed by atoms with Gasteiger partial charge in [-0.1, -0.05) is 39.7 Å². The zero-order chi connectivity index (χ0) is 31.3. The van der Waals surface area contributed by atoms with E-state index in [0.29, 0.717) is 55.9 Å². The molecule has 0 unspecified atom stereocenters. The van der Waals surface area contributed by atoms with E-state index in [0.717, 1.165) is 17.7 Å². The fraction of sp³-hybridized carbons (Fsp3) is 0.207. The largest absolute Gasteiger partial charge is 0.495 e. The van der Waals surface area contributed by atoms with Crippen molar-refractivity contribution < 1.29 is 41.8 Å². The Morgan fingerprint density at radius 1 is 1.05 bits per heavy atom. The lowest BCUT2D eigenvalue weighted by Crippen LogP contribution is -2.36. The molecule has 0 radical (unpaired) electrons. The van der Waals surface area contributed by atoms with Crippen LogP contribution in [0.3, 0.4) is 0 Å². The van der Waals surface area contributed by atoms with E-state index in [4.69, 9.17) is 25.8 Å². The van der Waals surface area contributed by atoms with Gasteiger partial charge >= 0.3 is 6.18 Å². The van der Waals surface area contributed by atoms with Crippen LogP contribution in [-0.2, 0) is 22.4 Å². The number of thioether (sulfide) groups is 1. The maximum atomic E-state index is 13.2. The summed E-state index contributed by atoms with van der Waals surface area (Å²) in [6.45, 7) is 1.66. The second kappa shape index (κ2) is 13.7. The minimum absolute atomic E-state index is 0.0223. The van der Waals surface area contributed by atoms with Gasteiger partial charge in [-0.05, 0) is 78.4 Å². The summed E-state index contributed by atoms with van der Waals surface area (Å²) in [6, 6.07) is 13.1. The monoisotopic (exact) mass is 698 g/mol. The van der Waals surface area contributed by atoms with Crippen LogP contribution in [0.1, 0.15) is 23.6 Å². The molecule has 1 fully saturated rings. The number of nitrogens with zero attached hydrogens (tertiary/aromatic N) is 1. The Labute approximate surface area is 262 Å². The molecule has 1 aliphatic rings. The molecule has 4 rings (SSSR count). The molecule has 14 heteroatoms. The molecule has 3 aromatic rings. The topological polar surface area (TPSA) is 94.2 Å². The molecule has 3 aromatic carbocycles. The molecule has 1 heterocycles. The summed E-state index contributed by atoms with van der Waals surface area (Å²) in [5.74, 6) is -0.807. The molecule has 0 atom stereocenters. The zero-order valence-corrected chi connectivity index (χ0v) is 25.7. The van der Waals surface area contributed by atoms with Crippen LogP contribution >= 0.6 is 39.3 Å². The maximum absolute atomic E-state index is 13.2. The Morgan fingerprint density at radius 3 is 2.40 bits per heavy atom. The normalized spacial score (nSPS) is 14.3. The number of imide groups is 1. The van der Waals surface area contributed by atoms with Crippen LogP contribution in [0.2, 0.25) is 5.02 Å². The van der Waals surface area contributed by atoms with E-state index in [-0.39, 0.29) is 22.9 Å². The predicted molar refractivity (Wildman–Crippen MR) is 160 cm³/mol. The smallest absolute Gasteiger partial charge is 0.416 e. The van der Waals surface area contributed by atoms with E-state index in [1.54, 1.807) is 31.2 Å². The number of halogens is 5. The van der Waals surface area contributed by atoms with Gasteiger partial charge in [0.25, 0.3) is 11.1 Å². The maximum Gasteiger partial charge on any atom is 0.416 e. The van der Waals surface area contributed by atoms with Crippen LogP contribution in [0, 0.1) is 0 Å². The van der Waals surface area contributed by atoms with Gasteiger partial charge in [0.05, 0.1) is 29.9 Å². The van der Waals surface area contributed by atoms with Crippen LogP contribution in [0.15, 0.2) is 64.0 Å². The summed E-state index contributed by atoms with van der Waals surface area (Å²) in [4.78, 5) is 39.1. The lowest BCUT2D eigenvalue weighted by molar-refractivity contribution is -0.137. The predicted octanol–water partition coefficient (Wildman–Crippen LogP) is 7.78. The summed E-state index contributed by atoms with van der Waals surface area (Å²) in [7, 11) is 1.23. The van der Waals surface area contributed by atoms with Crippen molar-refractivity contribution in [2.75, 3.05) is 25.6 Å². The second-order valence-electron chi connectivity index (χ2n) is 8.90. The van der Waals surface area contributed by atoms with Crippen LogP contribution in [0.25, 0.3) is 6.08 Å². The van der Waals surface area contributed by atoms with Crippen LogP contribution in [0.4, 0.5) is 23.7 Å². The van der Waals surface area contributed by atoms with E-state index in [1.165, 1.54) is 13.2 Å². The summed E-state index contributed by atoms with van der Waals surface area (Å²) >= 11 is 10.0. The number of ether oxygens (including phenoxy) is 3. The average molecular weight is 700 g/mol. The molecule has 226 valence electrons. The number of rotatable bonds is 10. The zero-order valence-electron chi connectivity index (χ0n) is 22.6. The SMILES string of the molecule is CCOc1cc(/C=C2\SC(=O)N(CC(=O)Nc3cc(C(F)(F)F)ccc3OC)C2=O)c(Br)cc1OCc1ccc(Cl)cc1. The van der Waals surface area contributed by atoms with Crippen molar-refractivity contribution in [3.63, 3.8) is 0 Å². The van der Waals surface area contributed by atoms with Crippen molar-refractivity contribution in [2.24, 2.45) is 0 Å². The molecule has 3 amide bonds. The number of methoxy groups -OCH3 is 1. The van der Waals surface area contributed by atoms with Crippen LogP contribution in [-0.4, -0.2) is 42.2 Å². The lowest BCUT2D eigenvalue weighted by Gasteiger charge is -2.16. The number of alkyl halides is 3. The van der Waals surface area contributed by atoms with E-state index in [2.05, 4.69) is 21.2 Å². The number of hydrogen-bond acceptors (Lipinski definition) is 7. The molecule has 43 heavy (non-hydrogen) atoms. The minimum atomic E-state index is -4.65. The van der Waals surface area contributed by atoms with Crippen molar-refractivity contribution in [2.45, 2.75) is 19.7 Å². The van der Waals surface area contributed by atoms with Crippen molar-refractivity contribution >= 4 is 68.1 Å². The van der Waals surface area contributed by atoms with Gasteiger partial charge in [0.2, 0.25) is 5.91 Å². The molecule has 0 aliphatic carbocycles. The number of benzene rings is 3. The Hall–Kier alpha value is -3.68. The van der Waals surface area contributed by atoms with Crippen molar-refractivity contribution in [3.05, 3.63) is 85.7 Å². The molecule has 1 saturated heterocycles. The highest BCUT2D eigenvalue weighted by Gasteiger charge is 2.37. The van der Waals surface area contributed by atoms with Crippen LogP contribution < -0.4 is 19.5 Å². The van der Waals surface area contributed by atoms with Gasteiger partial charge in [-0.15, -0.1) is 0 Å². The molecule has 0 aromatic heterocycles. The number of carbonyl (C=O) groups excluding carboxylic acids is 3. The molecule has 0 saturated carbocycles. The van der Waals surface area contributed by atoms with Crippen molar-refractivity contribution in [3.8, 4) is 17.2 Å². The Morgan fingerprint density at radius 2 is 1.74 bits per heavy atom. The Bertz CT molecular complexity index is 1580. The highest BCUT2D eigenvalue weighted by atomic mass is 79.9. The summed E-state index contributed by atoms with van der Waals surface area (Å²) in [5, 5.41) is 2.17. The molecule has 1 aliphatic heterocycles. The molecule has 0 spiro atoms. The van der Waals surface area contributed by atoms with Crippen molar-refractivity contribution in [1.82, 2.24) is 4.90 Å². The number of carbonyl (C=O) groups is 3. The first-order chi connectivity index (χ1) is 20.4. The van der Waals surface area contributed by atoms with Gasteiger partial charge in [-0.3, -0.25) is 19.3 Å². The quantitative estimate of drug-likeness (QED) is 0.216. The Kier molecular flexibility index (Phi) is 10.3. The highest BCUT2D eigenvalue weighted by molar-refractivity contribution is 9.10. The van der Waals surface area contributed by atoms with Gasteiger partial charge in [0.15, 0.2) is 11.5 Å². The van der Waals surface area contributed by atoms with Gasteiger partial charge in [0, 0.05) is 9.50 Å². The molecular weight excluding hydrogens is 677 g/mol. The highest BCUT2D eigenvalue weighted by Crippen LogP contribution is 2.39. The second-order valence-corrected chi connectivity index (χ2v) is 11.2. The van der Waals surface area contributed by atoms with E-state index < -0.39 is 35.3 Å². The molecule has 8 nitrogen and oxygen atoms in total. The summed E-state index contributed by atoms with van der Waals surface area (Å²) in [5.41, 5.74) is 0.133. The fourth-order valence-electron chi connectivity index (χ4n) is 3.88. The first kappa shape index (κ1) is 32.2. The van der Waals surface area contributed by atoms with Gasteiger partial charge in [0.1, 0.15) is 18.9 Å². The lowest BCUT2D eigenvalue weighted by atomic mass is 10.1. The first-order valence-corrected chi connectivity index (χ1v) is 14.5. The fourth-order valence-corrected chi connectivity index (χ4v) is 5.27.